The molecule has 0 radical (unpaired) electrons. The van der Waals surface area contributed by atoms with Crippen molar-refractivity contribution >= 4 is 11.9 Å². The number of ether oxygens (including phenoxy) is 1. The largest absolute Gasteiger partial charge is 0.492 e. The molecule has 1 aliphatic rings. The van der Waals surface area contributed by atoms with Gasteiger partial charge in [0.05, 0.1) is 13.0 Å². The summed E-state index contributed by atoms with van der Waals surface area (Å²) in [7, 11) is 0. The second-order valence-electron chi connectivity index (χ2n) is 8.56. The molecule has 1 heterocycles. The lowest BCUT2D eigenvalue weighted by atomic mass is 9.86. The maximum absolute atomic E-state index is 12.8. The van der Waals surface area contributed by atoms with E-state index >= 15 is 0 Å². The zero-order chi connectivity index (χ0) is 21.7. The van der Waals surface area contributed by atoms with Gasteiger partial charge in [0, 0.05) is 6.54 Å². The predicted molar refractivity (Wildman–Crippen MR) is 115 cm³/mol. The number of hydrogen-bond donors (Lipinski definition) is 1. The zero-order valence-corrected chi connectivity index (χ0v) is 17.9. The Balaban J connectivity index is 1.57. The second kappa shape index (κ2) is 9.30. The molecule has 2 aromatic rings. The number of para-hydroxylation sites is 1. The highest BCUT2D eigenvalue weighted by Crippen LogP contribution is 2.23. The Hall–Kier alpha value is -2.86. The Morgan fingerprint density at radius 1 is 1.00 bits per heavy atom. The highest BCUT2D eigenvalue weighted by molar-refractivity contribution is 5.97. The van der Waals surface area contributed by atoms with Crippen LogP contribution in [0, 0.1) is 0 Å². The monoisotopic (exact) mass is 410 g/mol. The zero-order valence-electron chi connectivity index (χ0n) is 17.9. The molecule has 1 N–H and O–H groups in total. The van der Waals surface area contributed by atoms with Crippen LogP contribution in [-0.2, 0) is 16.6 Å². The molecule has 6 heteroatoms. The summed E-state index contributed by atoms with van der Waals surface area (Å²) in [5.41, 5.74) is 2.41. The van der Waals surface area contributed by atoms with Crippen LogP contribution in [0.1, 0.15) is 38.3 Å². The molecule has 2 aromatic carbocycles. The van der Waals surface area contributed by atoms with Gasteiger partial charge in [-0.3, -0.25) is 14.6 Å². The summed E-state index contributed by atoms with van der Waals surface area (Å²) in [6, 6.07) is 17.1. The number of rotatable bonds is 7. The van der Waals surface area contributed by atoms with Gasteiger partial charge < -0.3 is 9.84 Å². The third-order valence-electron chi connectivity index (χ3n) is 5.28. The molecule has 0 aromatic heterocycles. The fraction of sp³-hybridized carbons (Fsp3) is 0.417. The summed E-state index contributed by atoms with van der Waals surface area (Å²) < 4.78 is 5.61. The highest BCUT2D eigenvalue weighted by atomic mass is 16.5. The van der Waals surface area contributed by atoms with Crippen LogP contribution < -0.4 is 4.74 Å². The first kappa shape index (κ1) is 21.8. The van der Waals surface area contributed by atoms with Crippen LogP contribution in [0.4, 0.5) is 4.79 Å². The van der Waals surface area contributed by atoms with E-state index in [1.54, 1.807) is 0 Å². The third kappa shape index (κ3) is 5.39. The summed E-state index contributed by atoms with van der Waals surface area (Å²) in [6.45, 7) is 7.20. The molecular weight excluding hydrogens is 380 g/mol. The molecule has 30 heavy (non-hydrogen) atoms. The predicted octanol–water partition coefficient (Wildman–Crippen LogP) is 3.58. The van der Waals surface area contributed by atoms with Crippen LogP contribution in [-0.4, -0.2) is 52.8 Å². The van der Waals surface area contributed by atoms with Crippen LogP contribution in [0.15, 0.2) is 54.6 Å². The quantitative estimate of drug-likeness (QED) is 0.758. The number of aliphatic hydroxyl groups is 1. The number of carbonyl (C=O) groups is 2. The fourth-order valence-corrected chi connectivity index (χ4v) is 3.42. The molecule has 1 fully saturated rings. The van der Waals surface area contributed by atoms with E-state index in [2.05, 4.69) is 45.0 Å². The van der Waals surface area contributed by atoms with Gasteiger partial charge in [-0.2, -0.15) is 0 Å². The van der Waals surface area contributed by atoms with Gasteiger partial charge in [-0.25, -0.2) is 4.79 Å². The molecule has 160 valence electrons. The number of carbonyl (C=O) groups excluding carboxylic acids is 2. The number of nitrogens with zero attached hydrogens (tertiary/aromatic N) is 2. The van der Waals surface area contributed by atoms with Crippen molar-refractivity contribution in [1.29, 1.82) is 0 Å². The SMILES string of the molecule is CC(C)(C)c1ccc(CCN2C(=O)N(CCOc3ccccc3)C(=O)CC2O)cc1. The number of imide groups is 1. The van der Waals surface area contributed by atoms with Crippen molar-refractivity contribution < 1.29 is 19.4 Å². The number of amides is 3. The van der Waals surface area contributed by atoms with Gasteiger partial charge in [0.1, 0.15) is 18.6 Å². The topological polar surface area (TPSA) is 70.1 Å². The minimum absolute atomic E-state index is 0.0836. The summed E-state index contributed by atoms with van der Waals surface area (Å²) in [5.74, 6) is 0.306. The van der Waals surface area contributed by atoms with E-state index in [-0.39, 0.29) is 30.9 Å². The summed E-state index contributed by atoms with van der Waals surface area (Å²) in [4.78, 5) is 27.6. The van der Waals surface area contributed by atoms with Crippen molar-refractivity contribution in [1.82, 2.24) is 9.80 Å². The fourth-order valence-electron chi connectivity index (χ4n) is 3.42. The molecule has 6 nitrogen and oxygen atoms in total. The van der Waals surface area contributed by atoms with Crippen LogP contribution >= 0.6 is 0 Å². The Kier molecular flexibility index (Phi) is 6.77. The Morgan fingerprint density at radius 3 is 2.30 bits per heavy atom. The van der Waals surface area contributed by atoms with Gasteiger partial charge in [-0.05, 0) is 35.1 Å². The Labute approximate surface area is 178 Å². The number of urea groups is 1. The van der Waals surface area contributed by atoms with Gasteiger partial charge in [0.25, 0.3) is 0 Å². The van der Waals surface area contributed by atoms with E-state index in [9.17, 15) is 14.7 Å². The van der Waals surface area contributed by atoms with Crippen LogP contribution in [0.2, 0.25) is 0 Å². The molecule has 1 unspecified atom stereocenters. The highest BCUT2D eigenvalue weighted by Gasteiger charge is 2.37. The molecule has 1 aliphatic heterocycles. The van der Waals surface area contributed by atoms with E-state index in [0.29, 0.717) is 18.7 Å². The smallest absolute Gasteiger partial charge is 0.328 e. The first-order chi connectivity index (χ1) is 14.3. The summed E-state index contributed by atoms with van der Waals surface area (Å²) in [6.07, 6.45) is -0.583. The van der Waals surface area contributed by atoms with E-state index in [1.807, 2.05) is 30.3 Å². The Bertz CT molecular complexity index is 859. The van der Waals surface area contributed by atoms with E-state index in [4.69, 9.17) is 4.74 Å². The molecule has 3 rings (SSSR count). The molecule has 0 spiro atoms. The minimum Gasteiger partial charge on any atom is -0.492 e. The maximum atomic E-state index is 12.8. The van der Waals surface area contributed by atoms with Gasteiger partial charge in [-0.15, -0.1) is 0 Å². The molecular formula is C24H30N2O4. The lowest BCUT2D eigenvalue weighted by Crippen LogP contribution is -2.58. The average molecular weight is 411 g/mol. The van der Waals surface area contributed by atoms with Crippen molar-refractivity contribution in [3.8, 4) is 5.75 Å². The van der Waals surface area contributed by atoms with Crippen LogP contribution in [0.3, 0.4) is 0 Å². The third-order valence-corrected chi connectivity index (χ3v) is 5.28. The minimum atomic E-state index is -1.09. The Morgan fingerprint density at radius 2 is 1.67 bits per heavy atom. The van der Waals surface area contributed by atoms with E-state index in [0.717, 1.165) is 5.56 Å². The lowest BCUT2D eigenvalue weighted by molar-refractivity contribution is -0.139. The first-order valence-corrected chi connectivity index (χ1v) is 10.3. The number of aliphatic hydroxyl groups excluding tert-OH is 1. The van der Waals surface area contributed by atoms with Crippen molar-refractivity contribution in [2.75, 3.05) is 19.7 Å². The van der Waals surface area contributed by atoms with Gasteiger partial charge >= 0.3 is 6.03 Å². The summed E-state index contributed by atoms with van der Waals surface area (Å²) in [5, 5.41) is 10.3. The molecule has 1 saturated heterocycles. The number of hydrogen-bond acceptors (Lipinski definition) is 4. The van der Waals surface area contributed by atoms with Crippen molar-refractivity contribution in [2.45, 2.75) is 45.3 Å². The van der Waals surface area contributed by atoms with E-state index in [1.165, 1.54) is 15.4 Å². The molecule has 0 bridgehead atoms. The maximum Gasteiger partial charge on any atom is 0.328 e. The second-order valence-corrected chi connectivity index (χ2v) is 8.56. The summed E-state index contributed by atoms with van der Waals surface area (Å²) >= 11 is 0. The van der Waals surface area contributed by atoms with Crippen LogP contribution in [0.25, 0.3) is 0 Å². The van der Waals surface area contributed by atoms with Gasteiger partial charge in [-0.1, -0.05) is 63.2 Å². The van der Waals surface area contributed by atoms with Gasteiger partial charge in [0.15, 0.2) is 0 Å². The molecule has 0 saturated carbocycles. The molecule has 1 atom stereocenters. The number of benzene rings is 2. The van der Waals surface area contributed by atoms with Crippen LogP contribution in [0.5, 0.6) is 5.75 Å². The van der Waals surface area contributed by atoms with Crippen molar-refractivity contribution in [2.24, 2.45) is 0 Å². The van der Waals surface area contributed by atoms with Gasteiger partial charge in [0.2, 0.25) is 5.91 Å². The van der Waals surface area contributed by atoms with Crippen molar-refractivity contribution in [3.05, 3.63) is 65.7 Å². The van der Waals surface area contributed by atoms with E-state index < -0.39 is 12.3 Å². The first-order valence-electron chi connectivity index (χ1n) is 10.3. The normalized spacial score (nSPS) is 17.4. The average Bonchev–Trinajstić information content (AvgIpc) is 2.70. The molecule has 3 amide bonds. The van der Waals surface area contributed by atoms with Crippen molar-refractivity contribution in [3.63, 3.8) is 0 Å². The lowest BCUT2D eigenvalue weighted by Gasteiger charge is -2.37. The standard InChI is InChI=1S/C24H30N2O4/c1-24(2,3)19-11-9-18(10-12-19)13-14-25-21(27)17-22(28)26(23(25)29)15-16-30-20-7-5-4-6-8-20/h4-12,21,27H,13-17H2,1-3H3. The molecule has 0 aliphatic carbocycles.